The Morgan fingerprint density at radius 2 is 2.12 bits per heavy atom. The van der Waals surface area contributed by atoms with Crippen LogP contribution < -0.4 is 4.90 Å². The second-order valence-corrected chi connectivity index (χ2v) is 4.71. The third kappa shape index (κ3) is 2.42. The molecule has 0 atom stereocenters. The van der Waals surface area contributed by atoms with Crippen LogP contribution in [0, 0.1) is 0 Å². The quantitative estimate of drug-likeness (QED) is 0.900. The summed E-state index contributed by atoms with van der Waals surface area (Å²) in [6.45, 7) is 0. The average molecular weight is 249 g/mol. The van der Waals surface area contributed by atoms with Gasteiger partial charge in [-0.2, -0.15) is 0 Å². The van der Waals surface area contributed by atoms with Gasteiger partial charge >= 0.3 is 5.97 Å². The topological polar surface area (TPSA) is 66.3 Å². The first-order chi connectivity index (χ1) is 8.08. The molecule has 88 valence electrons. The van der Waals surface area contributed by atoms with Gasteiger partial charge in [0.2, 0.25) is 0 Å². The van der Waals surface area contributed by atoms with Crippen molar-refractivity contribution >= 4 is 23.1 Å². The molecular formula is C11H11N3O2S. The van der Waals surface area contributed by atoms with Crippen molar-refractivity contribution in [3.8, 4) is 10.6 Å². The molecule has 2 rings (SSSR count). The maximum atomic E-state index is 10.8. The van der Waals surface area contributed by atoms with Gasteiger partial charge in [0.05, 0.1) is 10.6 Å². The van der Waals surface area contributed by atoms with Crippen LogP contribution in [0.3, 0.4) is 0 Å². The zero-order valence-corrected chi connectivity index (χ0v) is 10.2. The van der Waals surface area contributed by atoms with Crippen LogP contribution in [0.25, 0.3) is 10.6 Å². The van der Waals surface area contributed by atoms with Crippen LogP contribution in [-0.2, 0) is 0 Å². The largest absolute Gasteiger partial charge is 0.477 e. The Labute approximate surface area is 102 Å². The van der Waals surface area contributed by atoms with Crippen molar-refractivity contribution < 1.29 is 9.90 Å². The molecule has 5 nitrogen and oxygen atoms in total. The van der Waals surface area contributed by atoms with Gasteiger partial charge in [0, 0.05) is 20.2 Å². The first-order valence-corrected chi connectivity index (χ1v) is 5.72. The summed E-state index contributed by atoms with van der Waals surface area (Å²) in [7, 11) is 3.78. The van der Waals surface area contributed by atoms with Gasteiger partial charge in [0.25, 0.3) is 0 Å². The molecule has 0 amide bonds. The molecule has 0 saturated heterocycles. The molecule has 0 bridgehead atoms. The Morgan fingerprint density at radius 1 is 1.35 bits per heavy atom. The summed E-state index contributed by atoms with van der Waals surface area (Å²) < 4.78 is 0. The third-order valence-corrected chi connectivity index (χ3v) is 3.28. The highest BCUT2D eigenvalue weighted by Crippen LogP contribution is 2.27. The highest BCUT2D eigenvalue weighted by molar-refractivity contribution is 7.17. The SMILES string of the molecule is CN(C)c1cc(-c2ccc(C(=O)O)s2)ncn1. The van der Waals surface area contributed by atoms with Gasteiger partial charge in [-0.1, -0.05) is 0 Å². The van der Waals surface area contributed by atoms with E-state index in [4.69, 9.17) is 5.11 Å². The van der Waals surface area contributed by atoms with Gasteiger partial charge in [-0.15, -0.1) is 11.3 Å². The first kappa shape index (κ1) is 11.5. The molecule has 0 unspecified atom stereocenters. The maximum absolute atomic E-state index is 10.8. The Bertz CT molecular complexity index is 551. The van der Waals surface area contributed by atoms with Gasteiger partial charge in [-0.25, -0.2) is 14.8 Å². The molecule has 0 aliphatic rings. The van der Waals surface area contributed by atoms with E-state index in [1.165, 1.54) is 17.7 Å². The van der Waals surface area contributed by atoms with Crippen LogP contribution in [0.4, 0.5) is 5.82 Å². The molecule has 2 aromatic rings. The molecule has 2 heterocycles. The average Bonchev–Trinajstić information content (AvgIpc) is 2.78. The summed E-state index contributed by atoms with van der Waals surface area (Å²) in [5.74, 6) is -0.122. The van der Waals surface area contributed by atoms with E-state index >= 15 is 0 Å². The van der Waals surface area contributed by atoms with E-state index < -0.39 is 5.97 Å². The van der Waals surface area contributed by atoms with Crippen molar-refractivity contribution in [2.24, 2.45) is 0 Å². The van der Waals surface area contributed by atoms with Crippen molar-refractivity contribution in [2.45, 2.75) is 0 Å². The van der Waals surface area contributed by atoms with Gasteiger partial charge in [0.1, 0.15) is 17.0 Å². The Hall–Kier alpha value is -1.95. The van der Waals surface area contributed by atoms with Crippen molar-refractivity contribution in [2.75, 3.05) is 19.0 Å². The molecule has 6 heteroatoms. The lowest BCUT2D eigenvalue weighted by atomic mass is 10.3. The monoisotopic (exact) mass is 249 g/mol. The number of anilines is 1. The number of carbonyl (C=O) groups is 1. The minimum absolute atomic E-state index is 0.310. The lowest BCUT2D eigenvalue weighted by Gasteiger charge is -2.10. The zero-order valence-electron chi connectivity index (χ0n) is 9.41. The van der Waals surface area contributed by atoms with Crippen molar-refractivity contribution in [3.63, 3.8) is 0 Å². The summed E-state index contributed by atoms with van der Waals surface area (Å²) in [6.07, 6.45) is 1.48. The number of aromatic carboxylic acids is 1. The molecular weight excluding hydrogens is 238 g/mol. The molecule has 0 saturated carbocycles. The fourth-order valence-electron chi connectivity index (χ4n) is 1.32. The highest BCUT2D eigenvalue weighted by Gasteiger charge is 2.10. The van der Waals surface area contributed by atoms with Gasteiger partial charge in [0.15, 0.2) is 0 Å². The maximum Gasteiger partial charge on any atom is 0.345 e. The summed E-state index contributed by atoms with van der Waals surface area (Å²) in [5.41, 5.74) is 0.737. The fraction of sp³-hybridized carbons (Fsp3) is 0.182. The van der Waals surface area contributed by atoms with Gasteiger partial charge < -0.3 is 10.0 Å². The number of hydrogen-bond acceptors (Lipinski definition) is 5. The minimum atomic E-state index is -0.914. The second kappa shape index (κ2) is 4.50. The molecule has 0 aromatic carbocycles. The fourth-order valence-corrected chi connectivity index (χ4v) is 2.13. The minimum Gasteiger partial charge on any atom is -0.477 e. The van der Waals surface area contributed by atoms with Crippen molar-refractivity contribution in [1.82, 2.24) is 9.97 Å². The van der Waals surface area contributed by atoms with Crippen LogP contribution in [-0.4, -0.2) is 35.1 Å². The molecule has 2 aromatic heterocycles. The summed E-state index contributed by atoms with van der Waals surface area (Å²) in [5, 5.41) is 8.86. The number of hydrogen-bond donors (Lipinski definition) is 1. The van der Waals surface area contributed by atoms with Crippen molar-refractivity contribution in [3.05, 3.63) is 29.4 Å². The van der Waals surface area contributed by atoms with Crippen LogP contribution in [0.15, 0.2) is 24.5 Å². The number of rotatable bonds is 3. The van der Waals surface area contributed by atoms with Crippen LogP contribution in [0.5, 0.6) is 0 Å². The lowest BCUT2D eigenvalue weighted by molar-refractivity contribution is 0.0702. The summed E-state index contributed by atoms with van der Waals surface area (Å²) in [6, 6.07) is 5.17. The number of nitrogens with zero attached hydrogens (tertiary/aromatic N) is 3. The molecule has 0 fully saturated rings. The Morgan fingerprint density at radius 3 is 2.71 bits per heavy atom. The molecule has 1 N–H and O–H groups in total. The molecule has 0 spiro atoms. The van der Waals surface area contributed by atoms with Crippen LogP contribution >= 0.6 is 11.3 Å². The summed E-state index contributed by atoms with van der Waals surface area (Å²) in [4.78, 5) is 22.1. The summed E-state index contributed by atoms with van der Waals surface area (Å²) >= 11 is 1.21. The Balaban J connectivity index is 2.38. The standard InChI is InChI=1S/C11H11N3O2S/c1-14(2)10-5-7(12-6-13-10)8-3-4-9(17-8)11(15)16/h3-6H,1-2H3,(H,15,16). The number of carboxylic acids is 1. The van der Waals surface area contributed by atoms with Gasteiger partial charge in [-0.3, -0.25) is 0 Å². The van der Waals surface area contributed by atoms with E-state index in [9.17, 15) is 4.79 Å². The van der Waals surface area contributed by atoms with Crippen molar-refractivity contribution in [1.29, 1.82) is 0 Å². The molecule has 0 radical (unpaired) electrons. The van der Waals surface area contributed by atoms with Gasteiger partial charge in [-0.05, 0) is 12.1 Å². The van der Waals surface area contributed by atoms with Crippen LogP contribution in [0.2, 0.25) is 0 Å². The van der Waals surface area contributed by atoms with Crippen LogP contribution in [0.1, 0.15) is 9.67 Å². The molecule has 0 aliphatic carbocycles. The van der Waals surface area contributed by atoms with E-state index in [-0.39, 0.29) is 0 Å². The van der Waals surface area contributed by atoms with E-state index in [1.807, 2.05) is 25.1 Å². The second-order valence-electron chi connectivity index (χ2n) is 3.62. The van der Waals surface area contributed by atoms with E-state index in [0.717, 1.165) is 16.4 Å². The zero-order chi connectivity index (χ0) is 12.4. The van der Waals surface area contributed by atoms with E-state index in [1.54, 1.807) is 12.1 Å². The highest BCUT2D eigenvalue weighted by atomic mass is 32.1. The van der Waals surface area contributed by atoms with E-state index in [0.29, 0.717) is 4.88 Å². The third-order valence-electron chi connectivity index (χ3n) is 2.18. The number of thiophene rings is 1. The molecule has 17 heavy (non-hydrogen) atoms. The normalized spacial score (nSPS) is 10.2. The predicted molar refractivity (Wildman–Crippen MR) is 66.6 cm³/mol. The van der Waals surface area contributed by atoms with E-state index in [2.05, 4.69) is 9.97 Å². The number of carboxylic acid groups (broad SMARTS) is 1. The number of aromatic nitrogens is 2. The lowest BCUT2D eigenvalue weighted by Crippen LogP contribution is -2.10. The smallest absolute Gasteiger partial charge is 0.345 e. The molecule has 0 aliphatic heterocycles. The Kier molecular flexibility index (Phi) is 3.06. The predicted octanol–water partition coefficient (Wildman–Crippen LogP) is 1.97. The first-order valence-electron chi connectivity index (χ1n) is 4.91.